The topological polar surface area (TPSA) is 0 Å². The summed E-state index contributed by atoms with van der Waals surface area (Å²) in [6.45, 7) is 33.0. The zero-order chi connectivity index (χ0) is 18.0. The molecule has 0 aromatic heterocycles. The number of hydrogen-bond donors (Lipinski definition) is 0. The minimum atomic E-state index is 0. The third-order valence-corrected chi connectivity index (χ3v) is 3.94. The van der Waals surface area contributed by atoms with Crippen LogP contribution in [-0.2, 0) is 19.5 Å². The second-order valence-electron chi connectivity index (χ2n) is 7.40. The largest absolute Gasteiger partial charge is 2.00 e. The summed E-state index contributed by atoms with van der Waals surface area (Å²) in [4.78, 5) is 0. The minimum Gasteiger partial charge on any atom is -0.289 e. The van der Waals surface area contributed by atoms with E-state index in [0.717, 1.165) is 11.1 Å². The molecular weight excluding hydrogens is 365 g/mol. The zero-order valence-corrected chi connectivity index (χ0v) is 18.7. The molecule has 0 rings (SSSR count). The van der Waals surface area contributed by atoms with Gasteiger partial charge in [-0.2, -0.15) is 11.1 Å². The predicted octanol–water partition coefficient (Wildman–Crippen LogP) is 7.21. The van der Waals surface area contributed by atoms with Gasteiger partial charge < -0.3 is 0 Å². The summed E-state index contributed by atoms with van der Waals surface area (Å²) in [6, 6.07) is 0. The van der Waals surface area contributed by atoms with Crippen LogP contribution in [0.1, 0.15) is 69.2 Å². The molecule has 0 unspecified atom stereocenters. The third-order valence-electron chi connectivity index (χ3n) is 3.94. The van der Waals surface area contributed by atoms with Crippen LogP contribution in [0.3, 0.4) is 0 Å². The zero-order valence-electron chi connectivity index (χ0n) is 17.0. The normalized spacial score (nSPS) is 12.3. The van der Waals surface area contributed by atoms with Crippen LogP contribution in [-0.4, -0.2) is 0 Å². The van der Waals surface area contributed by atoms with Gasteiger partial charge in [-0.3, -0.25) is 13.2 Å². The Bertz CT molecular complexity index is 364. The molecule has 0 fully saturated rings. The first-order chi connectivity index (χ1) is 9.89. The maximum absolute atomic E-state index is 5.80. The molecule has 134 valence electrons. The molecule has 0 atom stereocenters. The number of allylic oxidation sites excluding steroid dienone is 6. The van der Waals surface area contributed by atoms with E-state index in [-0.39, 0.29) is 19.5 Å². The van der Waals surface area contributed by atoms with E-state index in [1.165, 1.54) is 11.1 Å². The monoisotopic (exact) mass is 404 g/mol. The van der Waals surface area contributed by atoms with Gasteiger partial charge in [0.25, 0.3) is 0 Å². The molecule has 0 amide bonds. The van der Waals surface area contributed by atoms with Crippen molar-refractivity contribution >= 4 is 0 Å². The van der Waals surface area contributed by atoms with E-state index in [1.54, 1.807) is 0 Å². The van der Waals surface area contributed by atoms with Gasteiger partial charge in [0.1, 0.15) is 0 Å². The number of hydrogen-bond acceptors (Lipinski definition) is 0. The summed E-state index contributed by atoms with van der Waals surface area (Å²) in [5.74, 6) is 2.13. The van der Waals surface area contributed by atoms with Crippen molar-refractivity contribution in [3.63, 3.8) is 0 Å². The molecule has 0 heterocycles. The Morgan fingerprint density at radius 3 is 0.913 bits per heavy atom. The first kappa shape index (κ1) is 27.4. The molecule has 0 spiro atoms. The molecule has 23 heavy (non-hydrogen) atoms. The van der Waals surface area contributed by atoms with Crippen LogP contribution in [0.2, 0.25) is 0 Å². The van der Waals surface area contributed by atoms with Gasteiger partial charge in [-0.05, 0) is 11.8 Å². The Morgan fingerprint density at radius 1 is 0.565 bits per heavy atom. The average molecular weight is 404 g/mol. The SMILES string of the molecule is [CH-]=C(C=C(C)C(C)C)C(C)C.[CH-]=C(C=C(C)C(C)C)C(C)C.[Ru+2]. The standard InChI is InChI=1S/2C11H19.Ru/c2*1-8(2)10(5)7-11(6)9(3)4;/h2*5,7-9H,1-4,6H3;/q2*-1;+2. The van der Waals surface area contributed by atoms with Crippen LogP contribution in [0.5, 0.6) is 0 Å². The Morgan fingerprint density at radius 2 is 0.783 bits per heavy atom. The maximum Gasteiger partial charge on any atom is 2.00 e. The van der Waals surface area contributed by atoms with Gasteiger partial charge in [0.2, 0.25) is 0 Å². The molecule has 0 bridgehead atoms. The molecule has 0 aromatic carbocycles. The van der Waals surface area contributed by atoms with Crippen LogP contribution >= 0.6 is 0 Å². The van der Waals surface area contributed by atoms with Gasteiger partial charge in [-0.25, -0.2) is 23.3 Å². The summed E-state index contributed by atoms with van der Waals surface area (Å²) >= 11 is 0. The average Bonchev–Trinajstić information content (AvgIpc) is 2.38. The van der Waals surface area contributed by atoms with E-state index >= 15 is 0 Å². The Kier molecular flexibility index (Phi) is 16.7. The van der Waals surface area contributed by atoms with E-state index in [1.807, 2.05) is 0 Å². The molecule has 0 nitrogen and oxygen atoms in total. The molecule has 0 N–H and O–H groups in total. The van der Waals surface area contributed by atoms with Gasteiger partial charge in [-0.1, -0.05) is 81.1 Å². The van der Waals surface area contributed by atoms with E-state index in [9.17, 15) is 0 Å². The van der Waals surface area contributed by atoms with E-state index < -0.39 is 0 Å². The van der Waals surface area contributed by atoms with E-state index in [2.05, 4.69) is 81.4 Å². The van der Waals surface area contributed by atoms with Crippen molar-refractivity contribution in [1.82, 2.24) is 0 Å². The van der Waals surface area contributed by atoms with Crippen LogP contribution in [0.25, 0.3) is 0 Å². The second kappa shape index (κ2) is 14.0. The minimum absolute atomic E-state index is 0. The molecule has 0 saturated heterocycles. The van der Waals surface area contributed by atoms with Crippen LogP contribution in [0, 0.1) is 36.8 Å². The van der Waals surface area contributed by atoms with Crippen molar-refractivity contribution < 1.29 is 19.5 Å². The van der Waals surface area contributed by atoms with Gasteiger partial charge >= 0.3 is 19.5 Å². The molecule has 0 aliphatic rings. The summed E-state index contributed by atoms with van der Waals surface area (Å²) < 4.78 is 0. The molecule has 0 aliphatic carbocycles. The fraction of sp³-hybridized carbons (Fsp3) is 0.636. The van der Waals surface area contributed by atoms with Crippen LogP contribution in [0.15, 0.2) is 34.4 Å². The maximum atomic E-state index is 5.80. The van der Waals surface area contributed by atoms with Crippen molar-refractivity contribution in [3.8, 4) is 0 Å². The molecule has 0 aliphatic heterocycles. The quantitative estimate of drug-likeness (QED) is 0.250. The van der Waals surface area contributed by atoms with Gasteiger partial charge in [0, 0.05) is 0 Å². The molecular formula is C22H38Ru. The Balaban J connectivity index is -0.000000333. The van der Waals surface area contributed by atoms with Crippen LogP contribution < -0.4 is 0 Å². The van der Waals surface area contributed by atoms with Crippen molar-refractivity contribution in [1.29, 1.82) is 0 Å². The summed E-state index contributed by atoms with van der Waals surface area (Å²) in [5.41, 5.74) is 4.68. The summed E-state index contributed by atoms with van der Waals surface area (Å²) in [5, 5.41) is 0. The van der Waals surface area contributed by atoms with E-state index in [4.69, 9.17) is 13.2 Å². The first-order valence-corrected chi connectivity index (χ1v) is 8.51. The van der Waals surface area contributed by atoms with Gasteiger partial charge in [-0.15, -0.1) is 0 Å². The summed E-state index contributed by atoms with van der Waals surface area (Å²) in [6.07, 6.45) is 4.19. The fourth-order valence-electron chi connectivity index (χ4n) is 1.19. The van der Waals surface area contributed by atoms with Crippen molar-refractivity contribution in [3.05, 3.63) is 47.6 Å². The van der Waals surface area contributed by atoms with E-state index in [0.29, 0.717) is 23.7 Å². The molecule has 0 aromatic rings. The molecule has 1 heteroatoms. The molecule has 0 saturated carbocycles. The van der Waals surface area contributed by atoms with Crippen molar-refractivity contribution in [2.24, 2.45) is 23.7 Å². The number of rotatable bonds is 6. The third kappa shape index (κ3) is 14.9. The smallest absolute Gasteiger partial charge is 0.289 e. The summed E-state index contributed by atoms with van der Waals surface area (Å²) in [7, 11) is 0. The second-order valence-corrected chi connectivity index (χ2v) is 7.40. The predicted molar refractivity (Wildman–Crippen MR) is 102 cm³/mol. The van der Waals surface area contributed by atoms with Gasteiger partial charge in [0.05, 0.1) is 0 Å². The van der Waals surface area contributed by atoms with Crippen molar-refractivity contribution in [2.45, 2.75) is 69.2 Å². The van der Waals surface area contributed by atoms with Gasteiger partial charge in [0.15, 0.2) is 0 Å². The fourth-order valence-corrected chi connectivity index (χ4v) is 1.19. The Hall–Kier alpha value is -0.417. The molecule has 0 radical (unpaired) electrons. The van der Waals surface area contributed by atoms with Crippen molar-refractivity contribution in [2.75, 3.05) is 0 Å². The Labute approximate surface area is 160 Å². The van der Waals surface area contributed by atoms with Crippen LogP contribution in [0.4, 0.5) is 0 Å². The first-order valence-electron chi connectivity index (χ1n) is 8.51.